The van der Waals surface area contributed by atoms with Crippen LogP contribution in [0.3, 0.4) is 0 Å². The lowest BCUT2D eigenvalue weighted by molar-refractivity contribution is -0.119. The number of carbonyl (C=O) groups excluding carboxylic acids is 2. The Morgan fingerprint density at radius 1 is 1.28 bits per heavy atom. The number of halogens is 1. The molecule has 2 aromatic rings. The first-order valence-electron chi connectivity index (χ1n) is 10.1. The van der Waals surface area contributed by atoms with Crippen molar-refractivity contribution in [1.82, 2.24) is 4.57 Å². The van der Waals surface area contributed by atoms with Gasteiger partial charge in [0.15, 0.2) is 16.4 Å². The molecule has 1 aromatic heterocycles. The van der Waals surface area contributed by atoms with Crippen molar-refractivity contribution in [2.45, 2.75) is 50.5 Å². The molecule has 1 aromatic carbocycles. The second kappa shape index (κ2) is 9.35. The van der Waals surface area contributed by atoms with Crippen molar-refractivity contribution in [3.8, 4) is 6.07 Å². The second-order valence-corrected chi connectivity index (χ2v) is 10.3. The van der Waals surface area contributed by atoms with Gasteiger partial charge in [-0.1, -0.05) is 24.4 Å². The van der Waals surface area contributed by atoms with E-state index in [-0.39, 0.29) is 21.5 Å². The van der Waals surface area contributed by atoms with Gasteiger partial charge in [0.25, 0.3) is 5.91 Å². The Balaban J connectivity index is 1.75. The van der Waals surface area contributed by atoms with Crippen LogP contribution in [-0.4, -0.2) is 37.7 Å². The zero-order valence-electron chi connectivity index (χ0n) is 18.1. The van der Waals surface area contributed by atoms with Crippen molar-refractivity contribution in [2.75, 3.05) is 18.2 Å². The lowest BCUT2D eigenvalue weighted by atomic mass is 10.2. The highest BCUT2D eigenvalue weighted by molar-refractivity contribution is 7.90. The Labute approximate surface area is 192 Å². The molecule has 0 bridgehead atoms. The van der Waals surface area contributed by atoms with Gasteiger partial charge in [0.2, 0.25) is 0 Å². The lowest BCUT2D eigenvalue weighted by Crippen LogP contribution is -2.24. The first-order valence-corrected chi connectivity index (χ1v) is 12.4. The van der Waals surface area contributed by atoms with Gasteiger partial charge in [0, 0.05) is 18.0 Å². The minimum Gasteiger partial charge on any atom is -0.452 e. The molecule has 32 heavy (non-hydrogen) atoms. The topological polar surface area (TPSA) is 118 Å². The summed E-state index contributed by atoms with van der Waals surface area (Å²) in [5.41, 5.74) is 2.09. The number of nitrogens with zero attached hydrogens (tertiary/aromatic N) is 2. The predicted molar refractivity (Wildman–Crippen MR) is 120 cm³/mol. The summed E-state index contributed by atoms with van der Waals surface area (Å²) in [7, 11) is -3.64. The summed E-state index contributed by atoms with van der Waals surface area (Å²) in [4.78, 5) is 24.7. The fourth-order valence-electron chi connectivity index (χ4n) is 4.00. The molecule has 170 valence electrons. The maximum absolute atomic E-state index is 12.6. The molecule has 1 aliphatic rings. The molecular formula is C22H24ClN3O5S. The smallest absolute Gasteiger partial charge is 0.338 e. The number of ether oxygens (including phenoxy) is 1. The number of esters is 1. The summed E-state index contributed by atoms with van der Waals surface area (Å²) < 4.78 is 30.7. The van der Waals surface area contributed by atoms with E-state index in [0.29, 0.717) is 11.4 Å². The van der Waals surface area contributed by atoms with E-state index in [2.05, 4.69) is 11.4 Å². The lowest BCUT2D eigenvalue weighted by Gasteiger charge is -2.19. The number of hydrogen-bond donors (Lipinski definition) is 1. The third-order valence-electron chi connectivity index (χ3n) is 5.72. The fourth-order valence-corrected chi connectivity index (χ4v) is 5.30. The van der Waals surface area contributed by atoms with Crippen LogP contribution in [0.2, 0.25) is 5.02 Å². The summed E-state index contributed by atoms with van der Waals surface area (Å²) in [6, 6.07) is 6.09. The number of rotatable bonds is 6. The van der Waals surface area contributed by atoms with E-state index in [1.54, 1.807) is 0 Å². The van der Waals surface area contributed by atoms with Crippen LogP contribution in [0.4, 0.5) is 5.82 Å². The van der Waals surface area contributed by atoms with E-state index in [1.165, 1.54) is 12.1 Å². The van der Waals surface area contributed by atoms with E-state index in [1.807, 2.05) is 18.4 Å². The average molecular weight is 478 g/mol. The third kappa shape index (κ3) is 4.81. The molecule has 0 aliphatic heterocycles. The van der Waals surface area contributed by atoms with Gasteiger partial charge in [-0.2, -0.15) is 5.26 Å². The maximum Gasteiger partial charge on any atom is 0.338 e. The van der Waals surface area contributed by atoms with Crippen LogP contribution in [0.5, 0.6) is 0 Å². The molecule has 1 saturated carbocycles. The molecule has 0 spiro atoms. The Bertz CT molecular complexity index is 1220. The van der Waals surface area contributed by atoms with E-state index in [0.717, 1.165) is 49.3 Å². The van der Waals surface area contributed by atoms with E-state index in [9.17, 15) is 23.3 Å². The number of nitrogens with one attached hydrogen (secondary N) is 1. The summed E-state index contributed by atoms with van der Waals surface area (Å²) in [6.07, 6.45) is 5.09. The molecular weight excluding hydrogens is 454 g/mol. The first-order chi connectivity index (χ1) is 15.0. The molecule has 1 fully saturated rings. The Kier molecular flexibility index (Phi) is 6.96. The predicted octanol–water partition coefficient (Wildman–Crippen LogP) is 3.94. The summed E-state index contributed by atoms with van der Waals surface area (Å²) in [6.45, 7) is 3.17. The van der Waals surface area contributed by atoms with Gasteiger partial charge in [-0.15, -0.1) is 0 Å². The Morgan fingerprint density at radius 2 is 1.94 bits per heavy atom. The van der Waals surface area contributed by atoms with Crippen molar-refractivity contribution in [3.05, 3.63) is 45.6 Å². The van der Waals surface area contributed by atoms with Crippen molar-refractivity contribution < 1.29 is 22.7 Å². The number of sulfone groups is 1. The molecule has 1 aliphatic carbocycles. The molecule has 0 radical (unpaired) electrons. The summed E-state index contributed by atoms with van der Waals surface area (Å²) >= 11 is 5.89. The maximum atomic E-state index is 12.6. The highest BCUT2D eigenvalue weighted by atomic mass is 35.5. The van der Waals surface area contributed by atoms with Crippen molar-refractivity contribution in [3.63, 3.8) is 0 Å². The molecule has 0 unspecified atom stereocenters. The van der Waals surface area contributed by atoms with Crippen LogP contribution in [0.1, 0.15) is 58.9 Å². The van der Waals surface area contributed by atoms with Gasteiger partial charge in [-0.05, 0) is 50.5 Å². The number of amides is 1. The minimum absolute atomic E-state index is 0.00996. The molecule has 3 rings (SSSR count). The molecule has 1 N–H and O–H groups in total. The quantitative estimate of drug-likeness (QED) is 0.629. The minimum atomic E-state index is -3.64. The van der Waals surface area contributed by atoms with Gasteiger partial charge in [0.1, 0.15) is 11.9 Å². The number of carbonyl (C=O) groups is 2. The molecule has 1 heterocycles. The van der Waals surface area contributed by atoms with Gasteiger partial charge in [0.05, 0.1) is 21.0 Å². The molecule has 1 amide bonds. The fraction of sp³-hybridized carbons (Fsp3) is 0.409. The van der Waals surface area contributed by atoms with Crippen molar-refractivity contribution >= 4 is 39.1 Å². The Morgan fingerprint density at radius 3 is 2.53 bits per heavy atom. The second-order valence-electron chi connectivity index (χ2n) is 7.90. The number of hydrogen-bond acceptors (Lipinski definition) is 6. The molecule has 0 atom stereocenters. The highest BCUT2D eigenvalue weighted by Crippen LogP contribution is 2.37. The van der Waals surface area contributed by atoms with Crippen LogP contribution in [0, 0.1) is 25.2 Å². The number of anilines is 1. The van der Waals surface area contributed by atoms with Crippen LogP contribution < -0.4 is 5.32 Å². The highest BCUT2D eigenvalue weighted by Gasteiger charge is 2.27. The number of nitriles is 1. The zero-order valence-corrected chi connectivity index (χ0v) is 19.6. The average Bonchev–Trinajstić information content (AvgIpc) is 3.33. The third-order valence-corrected chi connectivity index (χ3v) is 7.30. The largest absolute Gasteiger partial charge is 0.452 e. The van der Waals surface area contributed by atoms with Gasteiger partial charge < -0.3 is 14.6 Å². The first kappa shape index (κ1) is 23.8. The zero-order chi connectivity index (χ0) is 23.6. The number of aromatic nitrogens is 1. The van der Waals surface area contributed by atoms with Gasteiger partial charge in [-0.25, -0.2) is 13.2 Å². The standard InChI is InChI=1S/C22H24ClN3O5S/c1-13-14(2)26(16-6-4-5-7-16)21(17(13)11-24)25-20(27)12-31-22(28)15-8-9-18(23)19(10-15)32(3,29)30/h8-10,16H,4-7,12H2,1-3H3,(H,25,27). The summed E-state index contributed by atoms with van der Waals surface area (Å²) in [5.74, 6) is -1.04. The molecule has 10 heteroatoms. The van der Waals surface area contributed by atoms with Gasteiger partial charge >= 0.3 is 5.97 Å². The monoisotopic (exact) mass is 477 g/mol. The van der Waals surface area contributed by atoms with Crippen LogP contribution in [0.15, 0.2) is 23.1 Å². The number of benzene rings is 1. The van der Waals surface area contributed by atoms with Crippen LogP contribution in [-0.2, 0) is 19.4 Å². The van der Waals surface area contributed by atoms with E-state index in [4.69, 9.17) is 16.3 Å². The SMILES string of the molecule is Cc1c(C#N)c(NC(=O)COC(=O)c2ccc(Cl)c(S(C)(=O)=O)c2)n(C2CCCC2)c1C. The normalized spacial score (nSPS) is 14.2. The van der Waals surface area contributed by atoms with E-state index >= 15 is 0 Å². The molecule has 0 saturated heterocycles. The Hall–Kier alpha value is -2.83. The van der Waals surface area contributed by atoms with Crippen molar-refractivity contribution in [1.29, 1.82) is 5.26 Å². The van der Waals surface area contributed by atoms with Gasteiger partial charge in [-0.3, -0.25) is 4.79 Å². The van der Waals surface area contributed by atoms with Crippen LogP contribution in [0.25, 0.3) is 0 Å². The molecule has 8 nitrogen and oxygen atoms in total. The van der Waals surface area contributed by atoms with E-state index < -0.39 is 28.3 Å². The summed E-state index contributed by atoms with van der Waals surface area (Å²) in [5, 5.41) is 12.3. The van der Waals surface area contributed by atoms with Crippen LogP contribution >= 0.6 is 11.6 Å². The van der Waals surface area contributed by atoms with Crippen molar-refractivity contribution in [2.24, 2.45) is 0 Å².